The van der Waals surface area contributed by atoms with Gasteiger partial charge in [-0.05, 0) is 31.6 Å². The molecule has 0 saturated heterocycles. The van der Waals surface area contributed by atoms with E-state index in [0.29, 0.717) is 25.7 Å². The van der Waals surface area contributed by atoms with Gasteiger partial charge in [-0.15, -0.1) is 0 Å². The van der Waals surface area contributed by atoms with E-state index in [1.165, 1.54) is 0 Å². The lowest BCUT2D eigenvalue weighted by Crippen LogP contribution is -2.24. The number of halogens is 3. The molecule has 1 saturated carbocycles. The van der Waals surface area contributed by atoms with E-state index in [2.05, 4.69) is 0 Å². The summed E-state index contributed by atoms with van der Waals surface area (Å²) in [6, 6.07) is 0. The quantitative estimate of drug-likeness (QED) is 0.760. The number of carbonyl (C=O) groups is 1. The van der Waals surface area contributed by atoms with E-state index in [4.69, 9.17) is 5.11 Å². The summed E-state index contributed by atoms with van der Waals surface area (Å²) < 4.78 is 35.9. The summed E-state index contributed by atoms with van der Waals surface area (Å²) in [6.07, 6.45) is -3.33. The van der Waals surface area contributed by atoms with Crippen molar-refractivity contribution in [2.45, 2.75) is 38.3 Å². The third-order valence-corrected chi connectivity index (χ3v) is 2.72. The topological polar surface area (TPSA) is 37.3 Å². The van der Waals surface area contributed by atoms with Crippen molar-refractivity contribution in [3.05, 3.63) is 0 Å². The first kappa shape index (κ1) is 11.3. The Labute approximate surface area is 80.1 Å². The van der Waals surface area contributed by atoms with Crippen LogP contribution in [0.15, 0.2) is 0 Å². The maximum absolute atomic E-state index is 12.0. The Balaban J connectivity index is 2.33. The molecule has 0 heterocycles. The molecule has 0 aromatic heterocycles. The molecule has 2 nitrogen and oxygen atoms in total. The molecule has 0 amide bonds. The zero-order chi connectivity index (χ0) is 10.8. The first-order valence-electron chi connectivity index (χ1n) is 4.68. The van der Waals surface area contributed by atoms with Crippen LogP contribution in [0.3, 0.4) is 0 Å². The summed E-state index contributed by atoms with van der Waals surface area (Å²) in [6.45, 7) is 0. The largest absolute Gasteiger partial charge is 0.481 e. The lowest BCUT2D eigenvalue weighted by molar-refractivity contribution is -0.150. The Bertz CT molecular complexity index is 205. The summed E-state index contributed by atoms with van der Waals surface area (Å²) in [5, 5.41) is 8.63. The third kappa shape index (κ3) is 3.55. The fourth-order valence-corrected chi connectivity index (χ4v) is 1.94. The minimum absolute atomic E-state index is 0.370. The van der Waals surface area contributed by atoms with Crippen molar-refractivity contribution in [2.24, 2.45) is 11.8 Å². The van der Waals surface area contributed by atoms with E-state index in [9.17, 15) is 18.0 Å². The van der Waals surface area contributed by atoms with E-state index in [0.717, 1.165) is 0 Å². The number of carboxylic acid groups (broad SMARTS) is 1. The Morgan fingerprint density at radius 3 is 2.07 bits per heavy atom. The molecule has 1 rings (SSSR count). The van der Waals surface area contributed by atoms with Crippen LogP contribution in [0.5, 0.6) is 0 Å². The number of alkyl halides is 3. The molecule has 0 radical (unpaired) electrons. The first-order chi connectivity index (χ1) is 6.38. The molecule has 5 heteroatoms. The van der Waals surface area contributed by atoms with Gasteiger partial charge in [-0.2, -0.15) is 13.2 Å². The number of carboxylic acids is 1. The SMILES string of the molecule is O=C(O)C1CCC(CC(F)(F)F)CC1. The van der Waals surface area contributed by atoms with Crippen LogP contribution in [-0.4, -0.2) is 17.3 Å². The maximum Gasteiger partial charge on any atom is 0.389 e. The van der Waals surface area contributed by atoms with Crippen molar-refractivity contribution in [1.82, 2.24) is 0 Å². The number of aliphatic carboxylic acids is 1. The fourth-order valence-electron chi connectivity index (χ4n) is 1.94. The van der Waals surface area contributed by atoms with Crippen molar-refractivity contribution in [3.63, 3.8) is 0 Å². The summed E-state index contributed by atoms with van der Waals surface area (Å²) >= 11 is 0. The molecule has 1 N–H and O–H groups in total. The average Bonchev–Trinajstić information content (AvgIpc) is 2.02. The lowest BCUT2D eigenvalue weighted by atomic mass is 9.80. The van der Waals surface area contributed by atoms with Crippen LogP contribution in [0.25, 0.3) is 0 Å². The highest BCUT2D eigenvalue weighted by atomic mass is 19.4. The van der Waals surface area contributed by atoms with Gasteiger partial charge in [0.1, 0.15) is 0 Å². The van der Waals surface area contributed by atoms with Gasteiger partial charge < -0.3 is 5.11 Å². The molecule has 0 aromatic rings. The van der Waals surface area contributed by atoms with Crippen LogP contribution in [0.2, 0.25) is 0 Å². The zero-order valence-electron chi connectivity index (χ0n) is 7.68. The minimum Gasteiger partial charge on any atom is -0.481 e. The Morgan fingerprint density at radius 2 is 1.71 bits per heavy atom. The van der Waals surface area contributed by atoms with Gasteiger partial charge in [-0.25, -0.2) is 0 Å². The van der Waals surface area contributed by atoms with Gasteiger partial charge >= 0.3 is 12.1 Å². The van der Waals surface area contributed by atoms with Crippen LogP contribution in [-0.2, 0) is 4.79 Å². The fraction of sp³-hybridized carbons (Fsp3) is 0.889. The molecule has 0 bridgehead atoms. The van der Waals surface area contributed by atoms with Crippen LogP contribution in [0.4, 0.5) is 13.2 Å². The van der Waals surface area contributed by atoms with Gasteiger partial charge in [0.25, 0.3) is 0 Å². The molecule has 0 aromatic carbocycles. The summed E-state index contributed by atoms with van der Waals surface area (Å²) in [5.41, 5.74) is 0. The molecule has 1 fully saturated rings. The highest BCUT2D eigenvalue weighted by Crippen LogP contribution is 2.36. The first-order valence-corrected chi connectivity index (χ1v) is 4.68. The number of rotatable bonds is 2. The highest BCUT2D eigenvalue weighted by Gasteiger charge is 2.35. The van der Waals surface area contributed by atoms with Crippen molar-refractivity contribution < 1.29 is 23.1 Å². The van der Waals surface area contributed by atoms with Crippen molar-refractivity contribution in [1.29, 1.82) is 0 Å². The third-order valence-electron chi connectivity index (χ3n) is 2.72. The van der Waals surface area contributed by atoms with Crippen molar-refractivity contribution in [2.75, 3.05) is 0 Å². The monoisotopic (exact) mass is 210 g/mol. The molecule has 0 atom stereocenters. The van der Waals surface area contributed by atoms with Crippen LogP contribution in [0.1, 0.15) is 32.1 Å². The van der Waals surface area contributed by atoms with E-state index < -0.39 is 24.5 Å². The predicted molar refractivity (Wildman–Crippen MR) is 43.8 cm³/mol. The lowest BCUT2D eigenvalue weighted by Gasteiger charge is -2.26. The molecule has 0 aliphatic heterocycles. The second kappa shape index (κ2) is 4.19. The zero-order valence-corrected chi connectivity index (χ0v) is 7.68. The number of hydrogen-bond acceptors (Lipinski definition) is 1. The van der Waals surface area contributed by atoms with E-state index in [1.54, 1.807) is 0 Å². The predicted octanol–water partition coefficient (Wildman–Crippen LogP) is 2.83. The molecular formula is C9H13F3O2. The molecule has 1 aliphatic carbocycles. The molecule has 0 spiro atoms. The smallest absolute Gasteiger partial charge is 0.389 e. The van der Waals surface area contributed by atoms with E-state index in [1.807, 2.05) is 0 Å². The van der Waals surface area contributed by atoms with E-state index in [-0.39, 0.29) is 5.92 Å². The van der Waals surface area contributed by atoms with E-state index >= 15 is 0 Å². The normalized spacial score (nSPS) is 28.8. The van der Waals surface area contributed by atoms with Gasteiger partial charge in [-0.1, -0.05) is 0 Å². The second-order valence-corrected chi connectivity index (χ2v) is 3.88. The van der Waals surface area contributed by atoms with Gasteiger partial charge in [0, 0.05) is 6.42 Å². The van der Waals surface area contributed by atoms with Gasteiger partial charge in [0.05, 0.1) is 5.92 Å². The molecule has 82 valence electrons. The Hall–Kier alpha value is -0.740. The maximum atomic E-state index is 12.0. The molecular weight excluding hydrogens is 197 g/mol. The van der Waals surface area contributed by atoms with Crippen molar-refractivity contribution in [3.8, 4) is 0 Å². The molecule has 14 heavy (non-hydrogen) atoms. The second-order valence-electron chi connectivity index (χ2n) is 3.88. The number of hydrogen-bond donors (Lipinski definition) is 1. The summed E-state index contributed by atoms with van der Waals surface area (Å²) in [4.78, 5) is 10.5. The van der Waals surface area contributed by atoms with Gasteiger partial charge in [0.2, 0.25) is 0 Å². The summed E-state index contributed by atoms with van der Waals surface area (Å²) in [5.74, 6) is -1.68. The van der Waals surface area contributed by atoms with Gasteiger partial charge in [0.15, 0.2) is 0 Å². The van der Waals surface area contributed by atoms with Crippen LogP contribution in [0, 0.1) is 11.8 Å². The van der Waals surface area contributed by atoms with Crippen molar-refractivity contribution >= 4 is 5.97 Å². The molecule has 0 unspecified atom stereocenters. The van der Waals surface area contributed by atoms with Gasteiger partial charge in [-0.3, -0.25) is 4.79 Å². The Kier molecular flexibility index (Phi) is 3.39. The minimum atomic E-state index is -4.11. The Morgan fingerprint density at radius 1 is 1.21 bits per heavy atom. The summed E-state index contributed by atoms with van der Waals surface area (Å²) in [7, 11) is 0. The van der Waals surface area contributed by atoms with Crippen LogP contribution >= 0.6 is 0 Å². The molecule has 1 aliphatic rings. The standard InChI is InChI=1S/C9H13F3O2/c10-9(11,12)5-6-1-3-7(4-2-6)8(13)14/h6-7H,1-5H2,(H,13,14). The highest BCUT2D eigenvalue weighted by molar-refractivity contribution is 5.69. The van der Waals surface area contributed by atoms with Crippen LogP contribution < -0.4 is 0 Å². The average molecular weight is 210 g/mol.